The van der Waals surface area contributed by atoms with E-state index in [1.807, 2.05) is 6.92 Å². The normalized spacial score (nSPS) is 19.8. The molecule has 1 N–H and O–H groups in total. The van der Waals surface area contributed by atoms with Crippen molar-refractivity contribution in [3.8, 4) is 5.75 Å². The van der Waals surface area contributed by atoms with E-state index in [0.29, 0.717) is 52.7 Å². The van der Waals surface area contributed by atoms with Gasteiger partial charge in [-0.2, -0.15) is 0 Å². The van der Waals surface area contributed by atoms with Gasteiger partial charge in [-0.1, -0.05) is 6.92 Å². The molecule has 1 fully saturated rings. The number of rotatable bonds is 4. The fourth-order valence-corrected chi connectivity index (χ4v) is 3.55. The van der Waals surface area contributed by atoms with Crippen LogP contribution in [0.5, 0.6) is 5.75 Å². The molecule has 0 radical (unpaired) electrons. The van der Waals surface area contributed by atoms with Gasteiger partial charge >= 0.3 is 0 Å². The van der Waals surface area contributed by atoms with Crippen molar-refractivity contribution in [3.05, 3.63) is 41.3 Å². The molecule has 0 unspecified atom stereocenters. The Kier molecular flexibility index (Phi) is 4.35. The number of aromatic nitrogens is 2. The highest BCUT2D eigenvalue weighted by Crippen LogP contribution is 2.36. The van der Waals surface area contributed by atoms with Crippen LogP contribution in [0.2, 0.25) is 0 Å². The number of aliphatic hydroxyl groups is 1. The van der Waals surface area contributed by atoms with E-state index in [0.717, 1.165) is 0 Å². The van der Waals surface area contributed by atoms with Crippen LogP contribution < -0.4 is 4.74 Å². The summed E-state index contributed by atoms with van der Waals surface area (Å²) in [5, 5.41) is 18.9. The molecule has 0 bridgehead atoms. The number of furan rings is 1. The molecule has 2 atom stereocenters. The van der Waals surface area contributed by atoms with E-state index in [-0.39, 0.29) is 12.5 Å². The zero-order valence-corrected chi connectivity index (χ0v) is 15.4. The standard InChI is InChI=1S/C19H21N3O5/c1-4-16-20-21-18(27-16)14-7-11(23)9-22(14)19(24)17-10(2)26-15-6-5-12(25-3)8-13(15)17/h5-6,8,11,14,23H,4,7,9H2,1-3H3/t11-,14-/m1/s1. The molecule has 8 nitrogen and oxygen atoms in total. The van der Waals surface area contributed by atoms with Crippen LogP contribution >= 0.6 is 0 Å². The van der Waals surface area contributed by atoms with Crippen molar-refractivity contribution < 1.29 is 23.5 Å². The van der Waals surface area contributed by atoms with Gasteiger partial charge in [-0.15, -0.1) is 10.2 Å². The van der Waals surface area contributed by atoms with Crippen LogP contribution in [0.1, 0.15) is 47.3 Å². The first kappa shape index (κ1) is 17.5. The Morgan fingerprint density at radius 3 is 2.89 bits per heavy atom. The van der Waals surface area contributed by atoms with Gasteiger partial charge in [0.1, 0.15) is 23.1 Å². The number of β-amino-alcohol motifs (C(OH)–C–C–N with tert-alkyl or cyclic N) is 1. The number of fused-ring (bicyclic) bond motifs is 1. The van der Waals surface area contributed by atoms with Crippen LogP contribution in [0.3, 0.4) is 0 Å². The van der Waals surface area contributed by atoms with Crippen LogP contribution in [0.15, 0.2) is 27.0 Å². The molecule has 1 amide bonds. The molecule has 1 saturated heterocycles. The largest absolute Gasteiger partial charge is 0.497 e. The van der Waals surface area contributed by atoms with Crippen molar-refractivity contribution in [1.82, 2.24) is 15.1 Å². The predicted octanol–water partition coefficient (Wildman–Crippen LogP) is 2.64. The van der Waals surface area contributed by atoms with E-state index in [1.165, 1.54) is 0 Å². The summed E-state index contributed by atoms with van der Waals surface area (Å²) in [7, 11) is 1.57. The molecule has 142 valence electrons. The van der Waals surface area contributed by atoms with Crippen molar-refractivity contribution in [3.63, 3.8) is 0 Å². The highest BCUT2D eigenvalue weighted by molar-refractivity contribution is 6.07. The van der Waals surface area contributed by atoms with Crippen LogP contribution in [0.4, 0.5) is 0 Å². The molecule has 1 aliphatic heterocycles. The molecule has 4 rings (SSSR count). The zero-order chi connectivity index (χ0) is 19.1. The van der Waals surface area contributed by atoms with E-state index in [9.17, 15) is 9.90 Å². The number of nitrogens with zero attached hydrogens (tertiary/aromatic N) is 3. The van der Waals surface area contributed by atoms with E-state index in [1.54, 1.807) is 37.1 Å². The SMILES string of the molecule is CCc1nnc([C@H]2C[C@@H](O)CN2C(=O)c2c(C)oc3ccc(OC)cc23)o1. The molecule has 3 aromatic rings. The molecule has 2 aromatic heterocycles. The average Bonchev–Trinajstić information content (AvgIpc) is 3.36. The molecule has 0 saturated carbocycles. The summed E-state index contributed by atoms with van der Waals surface area (Å²) in [5.74, 6) is 1.77. The van der Waals surface area contributed by atoms with E-state index in [4.69, 9.17) is 13.6 Å². The smallest absolute Gasteiger partial charge is 0.258 e. The molecule has 1 aliphatic rings. The summed E-state index contributed by atoms with van der Waals surface area (Å²) >= 11 is 0. The number of hydrogen-bond donors (Lipinski definition) is 1. The Bertz CT molecular complexity index is 993. The Morgan fingerprint density at radius 2 is 2.19 bits per heavy atom. The van der Waals surface area contributed by atoms with Crippen molar-refractivity contribution in [2.75, 3.05) is 13.7 Å². The number of amides is 1. The molecule has 1 aromatic carbocycles. The summed E-state index contributed by atoms with van der Waals surface area (Å²) in [4.78, 5) is 15.0. The number of ether oxygens (including phenoxy) is 1. The lowest BCUT2D eigenvalue weighted by atomic mass is 10.1. The van der Waals surface area contributed by atoms with E-state index < -0.39 is 12.1 Å². The molecular formula is C19H21N3O5. The van der Waals surface area contributed by atoms with Crippen molar-refractivity contribution in [1.29, 1.82) is 0 Å². The lowest BCUT2D eigenvalue weighted by molar-refractivity contribution is 0.0697. The number of benzene rings is 1. The summed E-state index contributed by atoms with van der Waals surface area (Å²) in [5.41, 5.74) is 1.07. The second-order valence-electron chi connectivity index (χ2n) is 6.65. The number of carbonyl (C=O) groups is 1. The molecule has 27 heavy (non-hydrogen) atoms. The summed E-state index contributed by atoms with van der Waals surface area (Å²) in [6, 6.07) is 4.88. The third-order valence-corrected chi connectivity index (χ3v) is 4.89. The fourth-order valence-electron chi connectivity index (χ4n) is 3.55. The molecule has 8 heteroatoms. The minimum Gasteiger partial charge on any atom is -0.497 e. The van der Waals surface area contributed by atoms with Gasteiger partial charge in [-0.05, 0) is 25.1 Å². The Hall–Kier alpha value is -2.87. The summed E-state index contributed by atoms with van der Waals surface area (Å²) in [6.45, 7) is 3.87. The highest BCUT2D eigenvalue weighted by atomic mass is 16.5. The van der Waals surface area contributed by atoms with Gasteiger partial charge in [0.25, 0.3) is 5.91 Å². The van der Waals surface area contributed by atoms with Crippen LogP contribution in [-0.4, -0.2) is 45.9 Å². The van der Waals surface area contributed by atoms with Crippen LogP contribution in [-0.2, 0) is 6.42 Å². The number of aliphatic hydroxyl groups excluding tert-OH is 1. The van der Waals surface area contributed by atoms with Gasteiger partial charge in [-0.3, -0.25) is 4.79 Å². The lowest BCUT2D eigenvalue weighted by Crippen LogP contribution is -2.32. The molecular weight excluding hydrogens is 350 g/mol. The van der Waals surface area contributed by atoms with E-state index >= 15 is 0 Å². The quantitative estimate of drug-likeness (QED) is 0.752. The third kappa shape index (κ3) is 2.95. The first-order chi connectivity index (χ1) is 13.0. The topological polar surface area (TPSA) is 102 Å². The molecule has 0 spiro atoms. The average molecular weight is 371 g/mol. The molecule has 3 heterocycles. The molecule has 0 aliphatic carbocycles. The number of hydrogen-bond acceptors (Lipinski definition) is 7. The van der Waals surface area contributed by atoms with Crippen molar-refractivity contribution in [2.24, 2.45) is 0 Å². The Balaban J connectivity index is 1.74. The maximum atomic E-state index is 13.4. The minimum absolute atomic E-state index is 0.198. The van der Waals surface area contributed by atoms with Gasteiger partial charge in [0.05, 0.1) is 18.8 Å². The maximum absolute atomic E-state index is 13.4. The number of carbonyl (C=O) groups excluding carboxylic acids is 1. The second-order valence-corrected chi connectivity index (χ2v) is 6.65. The number of methoxy groups -OCH3 is 1. The van der Waals surface area contributed by atoms with Gasteiger partial charge in [0, 0.05) is 24.8 Å². The summed E-state index contributed by atoms with van der Waals surface area (Å²) in [6.07, 6.45) is 0.320. The second kappa shape index (κ2) is 6.70. The third-order valence-electron chi connectivity index (χ3n) is 4.89. The lowest BCUT2D eigenvalue weighted by Gasteiger charge is -2.21. The van der Waals surface area contributed by atoms with Crippen molar-refractivity contribution >= 4 is 16.9 Å². The first-order valence-electron chi connectivity index (χ1n) is 8.90. The van der Waals surface area contributed by atoms with E-state index in [2.05, 4.69) is 10.2 Å². The van der Waals surface area contributed by atoms with Crippen LogP contribution in [0.25, 0.3) is 11.0 Å². The summed E-state index contributed by atoms with van der Waals surface area (Å²) < 4.78 is 16.7. The Morgan fingerprint density at radius 1 is 1.37 bits per heavy atom. The van der Waals surface area contributed by atoms with Crippen LogP contribution in [0, 0.1) is 6.92 Å². The number of likely N-dealkylation sites (tertiary alicyclic amines) is 1. The maximum Gasteiger partial charge on any atom is 0.258 e. The zero-order valence-electron chi connectivity index (χ0n) is 15.4. The van der Waals surface area contributed by atoms with Crippen molar-refractivity contribution in [2.45, 2.75) is 38.8 Å². The first-order valence-corrected chi connectivity index (χ1v) is 8.90. The van der Waals surface area contributed by atoms with Gasteiger partial charge in [0.15, 0.2) is 0 Å². The highest BCUT2D eigenvalue weighted by Gasteiger charge is 2.40. The fraction of sp³-hybridized carbons (Fsp3) is 0.421. The minimum atomic E-state index is -0.649. The Labute approximate surface area is 155 Å². The monoisotopic (exact) mass is 371 g/mol. The number of aryl methyl sites for hydroxylation is 2. The van der Waals surface area contributed by atoms with Gasteiger partial charge < -0.3 is 23.6 Å². The predicted molar refractivity (Wildman–Crippen MR) is 95.6 cm³/mol. The van der Waals surface area contributed by atoms with Gasteiger partial charge in [0.2, 0.25) is 11.8 Å². The van der Waals surface area contributed by atoms with Gasteiger partial charge in [-0.25, -0.2) is 0 Å².